The summed E-state index contributed by atoms with van der Waals surface area (Å²) in [4.78, 5) is 38.5. The van der Waals surface area contributed by atoms with Crippen LogP contribution in [0.5, 0.6) is 17.2 Å². The van der Waals surface area contributed by atoms with Crippen molar-refractivity contribution >= 4 is 46.6 Å². The zero-order valence-corrected chi connectivity index (χ0v) is 22.0. The highest BCUT2D eigenvalue weighted by molar-refractivity contribution is 7.80. The average Bonchev–Trinajstić information content (AvgIpc) is 3.18. The topological polar surface area (TPSA) is 125 Å². The highest BCUT2D eigenvalue weighted by Gasteiger charge is 2.36. The first-order valence-electron chi connectivity index (χ1n) is 11.3. The van der Waals surface area contributed by atoms with Gasteiger partial charge in [0.2, 0.25) is 0 Å². The first-order chi connectivity index (χ1) is 18.1. The van der Waals surface area contributed by atoms with E-state index in [1.807, 2.05) is 0 Å². The van der Waals surface area contributed by atoms with E-state index in [1.165, 1.54) is 50.5 Å². The van der Waals surface area contributed by atoms with E-state index in [2.05, 4.69) is 5.32 Å². The van der Waals surface area contributed by atoms with Crippen LogP contribution in [0.2, 0.25) is 0 Å². The Morgan fingerprint density at radius 3 is 2.29 bits per heavy atom. The van der Waals surface area contributed by atoms with Crippen LogP contribution in [0.15, 0.2) is 48.0 Å². The fraction of sp³-hybridized carbons (Fsp3) is 0.192. The van der Waals surface area contributed by atoms with E-state index in [1.54, 1.807) is 42.7 Å². The zero-order valence-electron chi connectivity index (χ0n) is 21.2. The molecule has 11 nitrogen and oxygen atoms in total. The van der Waals surface area contributed by atoms with Gasteiger partial charge in [-0.1, -0.05) is 0 Å². The molecule has 38 heavy (non-hydrogen) atoms. The van der Waals surface area contributed by atoms with Gasteiger partial charge >= 0.3 is 0 Å². The molecule has 2 heterocycles. The maximum Gasteiger partial charge on any atom is 0.271 e. The van der Waals surface area contributed by atoms with Crippen molar-refractivity contribution in [2.45, 2.75) is 13.8 Å². The minimum atomic E-state index is -0.651. The summed E-state index contributed by atoms with van der Waals surface area (Å²) in [5, 5.41) is 13.9. The monoisotopic (exact) mass is 536 g/mol. The number of hydrogen-bond acceptors (Lipinski definition) is 8. The molecule has 196 valence electrons. The predicted molar refractivity (Wildman–Crippen MR) is 144 cm³/mol. The Morgan fingerprint density at radius 2 is 1.66 bits per heavy atom. The van der Waals surface area contributed by atoms with Crippen LogP contribution in [0.25, 0.3) is 11.8 Å². The molecule has 0 spiro atoms. The number of carbonyl (C=O) groups is 2. The molecule has 2 amide bonds. The van der Waals surface area contributed by atoms with Crippen molar-refractivity contribution in [1.29, 1.82) is 0 Å². The molecule has 0 radical (unpaired) electrons. The number of aryl methyl sites for hydroxylation is 1. The number of nitro groups is 1. The van der Waals surface area contributed by atoms with E-state index >= 15 is 0 Å². The summed E-state index contributed by atoms with van der Waals surface area (Å²) in [5.41, 5.74) is 2.43. The fourth-order valence-electron chi connectivity index (χ4n) is 4.27. The maximum absolute atomic E-state index is 13.6. The molecule has 1 fully saturated rings. The van der Waals surface area contributed by atoms with Gasteiger partial charge in [-0.3, -0.25) is 25.0 Å². The summed E-state index contributed by atoms with van der Waals surface area (Å²) in [6.07, 6.45) is 1.46. The van der Waals surface area contributed by atoms with Gasteiger partial charge in [0.05, 0.1) is 37.6 Å². The number of nitrogens with zero attached hydrogens (tertiary/aromatic N) is 3. The number of amides is 2. The van der Waals surface area contributed by atoms with Gasteiger partial charge in [0.25, 0.3) is 17.5 Å². The van der Waals surface area contributed by atoms with Gasteiger partial charge < -0.3 is 18.8 Å². The van der Waals surface area contributed by atoms with Crippen LogP contribution in [0.1, 0.15) is 17.0 Å². The van der Waals surface area contributed by atoms with Gasteiger partial charge in [-0.2, -0.15) is 0 Å². The van der Waals surface area contributed by atoms with Crippen LogP contribution in [0.3, 0.4) is 0 Å². The number of carbonyl (C=O) groups excluding carboxylic acids is 2. The minimum Gasteiger partial charge on any atom is -0.497 e. The molecule has 2 aromatic carbocycles. The lowest BCUT2D eigenvalue weighted by Crippen LogP contribution is -2.54. The number of ether oxygens (including phenoxy) is 3. The van der Waals surface area contributed by atoms with E-state index in [-0.39, 0.29) is 16.4 Å². The Kier molecular flexibility index (Phi) is 7.17. The van der Waals surface area contributed by atoms with Gasteiger partial charge in [0.1, 0.15) is 22.8 Å². The minimum absolute atomic E-state index is 0.0904. The van der Waals surface area contributed by atoms with Gasteiger partial charge in [-0.05, 0) is 62.0 Å². The van der Waals surface area contributed by atoms with Crippen molar-refractivity contribution in [1.82, 2.24) is 9.88 Å². The molecule has 3 aromatic rings. The number of rotatable bonds is 7. The summed E-state index contributed by atoms with van der Waals surface area (Å²) >= 11 is 5.31. The maximum atomic E-state index is 13.6. The van der Waals surface area contributed by atoms with E-state index in [4.69, 9.17) is 26.4 Å². The fourth-order valence-corrected chi connectivity index (χ4v) is 4.55. The Hall–Kier alpha value is -4.71. The quantitative estimate of drug-likeness (QED) is 0.159. The lowest BCUT2D eigenvalue weighted by Gasteiger charge is -2.30. The number of non-ortho nitro benzene ring substituents is 1. The number of nitro benzene ring substituents is 1. The SMILES string of the molecule is COc1ccc(N2C(=O)/C(=C/c3cc(C)n(-c4cc([N+](=O)[O-])ccc4OC)c3C)C(=O)NC2=S)c(OC)c1. The lowest BCUT2D eigenvalue weighted by atomic mass is 10.1. The Bertz CT molecular complexity index is 1530. The smallest absolute Gasteiger partial charge is 0.271 e. The molecule has 0 aliphatic carbocycles. The summed E-state index contributed by atoms with van der Waals surface area (Å²) in [5.74, 6) is -0.0242. The zero-order chi connectivity index (χ0) is 27.7. The summed E-state index contributed by atoms with van der Waals surface area (Å²) in [6, 6.07) is 10.9. The van der Waals surface area contributed by atoms with Gasteiger partial charge in [-0.25, -0.2) is 4.90 Å². The molecule has 0 saturated carbocycles. The van der Waals surface area contributed by atoms with Crippen LogP contribution < -0.4 is 24.4 Å². The first-order valence-corrected chi connectivity index (χ1v) is 11.7. The number of methoxy groups -OCH3 is 3. The molecule has 0 bridgehead atoms. The van der Waals surface area contributed by atoms with Crippen LogP contribution >= 0.6 is 12.2 Å². The summed E-state index contributed by atoms with van der Waals surface area (Å²) in [7, 11) is 4.42. The molecule has 1 aliphatic heterocycles. The molecular weight excluding hydrogens is 512 g/mol. The normalized spacial score (nSPS) is 14.5. The van der Waals surface area contributed by atoms with Crippen molar-refractivity contribution in [3.63, 3.8) is 0 Å². The number of hydrogen-bond donors (Lipinski definition) is 1. The van der Waals surface area contributed by atoms with Crippen molar-refractivity contribution in [3.8, 4) is 22.9 Å². The average molecular weight is 537 g/mol. The second-order valence-electron chi connectivity index (χ2n) is 8.27. The van der Waals surface area contributed by atoms with Crippen molar-refractivity contribution in [3.05, 3.63) is 75.1 Å². The number of nitrogens with one attached hydrogen (secondary N) is 1. The third-order valence-corrected chi connectivity index (χ3v) is 6.40. The van der Waals surface area contributed by atoms with E-state index in [9.17, 15) is 19.7 Å². The van der Waals surface area contributed by atoms with Crippen LogP contribution in [0, 0.1) is 24.0 Å². The van der Waals surface area contributed by atoms with Crippen LogP contribution in [-0.2, 0) is 9.59 Å². The van der Waals surface area contributed by atoms with Gasteiger partial charge in [0.15, 0.2) is 5.11 Å². The van der Waals surface area contributed by atoms with E-state index < -0.39 is 16.7 Å². The van der Waals surface area contributed by atoms with Gasteiger partial charge in [-0.15, -0.1) is 0 Å². The second kappa shape index (κ2) is 10.3. The van der Waals surface area contributed by atoms with Crippen molar-refractivity contribution in [2.24, 2.45) is 0 Å². The highest BCUT2D eigenvalue weighted by Crippen LogP contribution is 2.35. The Balaban J connectivity index is 1.81. The largest absolute Gasteiger partial charge is 0.497 e. The van der Waals surface area contributed by atoms with E-state index in [0.29, 0.717) is 45.6 Å². The van der Waals surface area contributed by atoms with Crippen molar-refractivity contribution in [2.75, 3.05) is 26.2 Å². The molecule has 1 saturated heterocycles. The van der Waals surface area contributed by atoms with Crippen LogP contribution in [-0.4, -0.2) is 47.7 Å². The highest BCUT2D eigenvalue weighted by atomic mass is 32.1. The summed E-state index contributed by atoms with van der Waals surface area (Å²) in [6.45, 7) is 3.58. The van der Waals surface area contributed by atoms with Gasteiger partial charge in [0, 0.05) is 29.6 Å². The molecule has 4 rings (SSSR count). The number of thiocarbonyl (C=S) groups is 1. The predicted octanol–water partition coefficient (Wildman–Crippen LogP) is 3.86. The molecule has 1 aliphatic rings. The third kappa shape index (κ3) is 4.57. The number of aromatic nitrogens is 1. The molecular formula is C26H24N4O7S. The second-order valence-corrected chi connectivity index (χ2v) is 8.66. The standard InChI is InChI=1S/C26H24N4O7S/c1-14-10-16(15(2)28(14)21-12-17(30(33)34)6-9-22(21)36-4)11-19-24(31)27-26(38)29(25(19)32)20-8-7-18(35-3)13-23(20)37-5/h6-13H,1-5H3,(H,27,31,38)/b19-11+. The van der Waals surface area contributed by atoms with E-state index in [0.717, 1.165) is 0 Å². The Morgan fingerprint density at radius 1 is 0.947 bits per heavy atom. The molecule has 1 N–H and O–H groups in total. The Labute approximate surface area is 223 Å². The first kappa shape index (κ1) is 26.4. The molecule has 12 heteroatoms. The molecule has 1 aromatic heterocycles. The van der Waals surface area contributed by atoms with Crippen molar-refractivity contribution < 1.29 is 28.7 Å². The number of benzene rings is 2. The van der Waals surface area contributed by atoms with Crippen LogP contribution in [0.4, 0.5) is 11.4 Å². The molecule has 0 unspecified atom stereocenters. The third-order valence-electron chi connectivity index (χ3n) is 6.11. The molecule has 0 atom stereocenters. The number of anilines is 1. The lowest BCUT2D eigenvalue weighted by molar-refractivity contribution is -0.384. The summed E-state index contributed by atoms with van der Waals surface area (Å²) < 4.78 is 17.8.